The molecule has 0 aliphatic carbocycles. The summed E-state index contributed by atoms with van der Waals surface area (Å²) in [5.74, 6) is 0.882. The summed E-state index contributed by atoms with van der Waals surface area (Å²) in [6.45, 7) is 1.10. The third kappa shape index (κ3) is 3.68. The van der Waals surface area contributed by atoms with E-state index in [1.54, 1.807) is 0 Å². The Hall–Kier alpha value is -2.53. The van der Waals surface area contributed by atoms with Gasteiger partial charge in [-0.1, -0.05) is 0 Å². The van der Waals surface area contributed by atoms with Gasteiger partial charge in [0.05, 0.1) is 11.0 Å². The first-order chi connectivity index (χ1) is 11.7. The Balaban J connectivity index is 1.78. The van der Waals surface area contributed by atoms with Gasteiger partial charge >= 0.3 is 0 Å². The number of benzene rings is 2. The highest BCUT2D eigenvalue weighted by molar-refractivity contribution is 5.82. The largest absolute Gasteiger partial charge is 0.396 e. The van der Waals surface area contributed by atoms with E-state index in [0.717, 1.165) is 47.5 Å². The molecule has 0 unspecified atom stereocenters. The van der Waals surface area contributed by atoms with Crippen molar-refractivity contribution < 1.29 is 5.11 Å². The molecule has 0 saturated heterocycles. The number of rotatable bonds is 7. The highest BCUT2D eigenvalue weighted by Crippen LogP contribution is 2.24. The van der Waals surface area contributed by atoms with E-state index in [1.165, 1.54) is 5.69 Å². The maximum atomic E-state index is 8.82. The average molecular weight is 324 g/mol. The summed E-state index contributed by atoms with van der Waals surface area (Å²) >= 11 is 0. The van der Waals surface area contributed by atoms with Crippen molar-refractivity contribution in [1.82, 2.24) is 9.97 Å². The quantitative estimate of drug-likeness (QED) is 0.582. The number of aromatic amines is 1. The number of hydrogen-bond donors (Lipinski definition) is 3. The molecule has 0 aliphatic rings. The number of aromatic nitrogens is 2. The van der Waals surface area contributed by atoms with E-state index in [0.29, 0.717) is 0 Å². The van der Waals surface area contributed by atoms with Crippen molar-refractivity contribution in [1.29, 1.82) is 0 Å². The van der Waals surface area contributed by atoms with Crippen LogP contribution in [0.4, 0.5) is 11.4 Å². The van der Waals surface area contributed by atoms with Gasteiger partial charge in [0, 0.05) is 44.2 Å². The summed E-state index contributed by atoms with van der Waals surface area (Å²) in [5.41, 5.74) is 5.29. The third-order valence-electron chi connectivity index (χ3n) is 4.05. The molecule has 0 amide bonds. The standard InChI is InChI=1S/C19H24N4O/c1-23(2)16-8-5-14(6-9-16)19-21-17-10-7-15(13-18(17)22-19)20-11-3-4-12-24/h5-10,13,20,24H,3-4,11-12H2,1-2H3,(H,21,22). The molecular weight excluding hydrogens is 300 g/mol. The number of imidazole rings is 1. The smallest absolute Gasteiger partial charge is 0.138 e. The van der Waals surface area contributed by atoms with E-state index >= 15 is 0 Å². The Morgan fingerprint density at radius 3 is 2.58 bits per heavy atom. The topological polar surface area (TPSA) is 64.2 Å². The summed E-state index contributed by atoms with van der Waals surface area (Å²) in [6.07, 6.45) is 1.78. The first-order valence-electron chi connectivity index (χ1n) is 8.29. The van der Waals surface area contributed by atoms with Crippen molar-refractivity contribution in [2.24, 2.45) is 0 Å². The Labute approximate surface area is 142 Å². The molecule has 0 saturated carbocycles. The predicted molar refractivity (Wildman–Crippen MR) is 101 cm³/mol. The lowest BCUT2D eigenvalue weighted by Crippen LogP contribution is -2.07. The molecule has 3 N–H and O–H groups in total. The van der Waals surface area contributed by atoms with E-state index in [9.17, 15) is 0 Å². The Kier molecular flexibility index (Phi) is 5.01. The molecule has 126 valence electrons. The second kappa shape index (κ2) is 7.36. The van der Waals surface area contributed by atoms with Crippen LogP contribution in [0, 0.1) is 0 Å². The fraction of sp³-hybridized carbons (Fsp3) is 0.316. The zero-order valence-corrected chi connectivity index (χ0v) is 14.2. The van der Waals surface area contributed by atoms with Crippen molar-refractivity contribution in [3.63, 3.8) is 0 Å². The van der Waals surface area contributed by atoms with Crippen LogP contribution >= 0.6 is 0 Å². The number of aliphatic hydroxyl groups excluding tert-OH is 1. The van der Waals surface area contributed by atoms with Crippen molar-refractivity contribution in [3.05, 3.63) is 42.5 Å². The molecule has 2 aromatic carbocycles. The lowest BCUT2D eigenvalue weighted by atomic mass is 10.2. The maximum Gasteiger partial charge on any atom is 0.138 e. The minimum Gasteiger partial charge on any atom is -0.396 e. The van der Waals surface area contributed by atoms with Gasteiger partial charge in [-0.15, -0.1) is 0 Å². The molecule has 0 spiro atoms. The van der Waals surface area contributed by atoms with Crippen LogP contribution in [0.15, 0.2) is 42.5 Å². The van der Waals surface area contributed by atoms with Gasteiger partial charge in [0.2, 0.25) is 0 Å². The Bertz CT molecular complexity index is 793. The first kappa shape index (κ1) is 16.3. The predicted octanol–water partition coefficient (Wildman–Crippen LogP) is 3.48. The van der Waals surface area contributed by atoms with Gasteiger partial charge in [0.1, 0.15) is 5.82 Å². The van der Waals surface area contributed by atoms with E-state index in [1.807, 2.05) is 20.2 Å². The number of anilines is 2. The number of hydrogen-bond acceptors (Lipinski definition) is 4. The highest BCUT2D eigenvalue weighted by Gasteiger charge is 2.06. The molecule has 5 heteroatoms. The molecule has 1 heterocycles. The van der Waals surface area contributed by atoms with Gasteiger partial charge in [-0.3, -0.25) is 0 Å². The number of H-pyrrole nitrogens is 1. The van der Waals surface area contributed by atoms with E-state index in [-0.39, 0.29) is 6.61 Å². The molecule has 0 atom stereocenters. The zero-order valence-electron chi connectivity index (χ0n) is 14.2. The van der Waals surface area contributed by atoms with Gasteiger partial charge in [-0.2, -0.15) is 0 Å². The molecule has 0 bridgehead atoms. The number of aliphatic hydroxyl groups is 1. The first-order valence-corrected chi connectivity index (χ1v) is 8.29. The fourth-order valence-electron chi connectivity index (χ4n) is 2.64. The van der Waals surface area contributed by atoms with Crippen LogP contribution < -0.4 is 10.2 Å². The van der Waals surface area contributed by atoms with Crippen LogP contribution in [0.25, 0.3) is 22.4 Å². The normalized spacial score (nSPS) is 11.0. The summed E-state index contributed by atoms with van der Waals surface area (Å²) in [6, 6.07) is 14.5. The maximum absolute atomic E-state index is 8.82. The minimum atomic E-state index is 0.246. The number of nitrogens with zero attached hydrogens (tertiary/aromatic N) is 2. The van der Waals surface area contributed by atoms with Crippen LogP contribution in [-0.4, -0.2) is 42.3 Å². The monoisotopic (exact) mass is 324 g/mol. The van der Waals surface area contributed by atoms with Crippen molar-refractivity contribution in [2.45, 2.75) is 12.8 Å². The number of nitrogens with one attached hydrogen (secondary N) is 2. The van der Waals surface area contributed by atoms with Crippen LogP contribution in [-0.2, 0) is 0 Å². The van der Waals surface area contributed by atoms with Gasteiger partial charge in [-0.25, -0.2) is 4.98 Å². The van der Waals surface area contributed by atoms with Gasteiger partial charge in [-0.05, 0) is 55.3 Å². The van der Waals surface area contributed by atoms with Gasteiger partial charge < -0.3 is 20.3 Å². The van der Waals surface area contributed by atoms with Crippen molar-refractivity contribution in [3.8, 4) is 11.4 Å². The second-order valence-corrected chi connectivity index (χ2v) is 6.12. The Morgan fingerprint density at radius 2 is 1.88 bits per heavy atom. The van der Waals surface area contributed by atoms with Crippen LogP contribution in [0.3, 0.4) is 0 Å². The number of unbranched alkanes of at least 4 members (excludes halogenated alkanes) is 1. The molecule has 24 heavy (non-hydrogen) atoms. The molecule has 0 radical (unpaired) electrons. The van der Waals surface area contributed by atoms with Gasteiger partial charge in [0.25, 0.3) is 0 Å². The second-order valence-electron chi connectivity index (χ2n) is 6.12. The Morgan fingerprint density at radius 1 is 1.08 bits per heavy atom. The lowest BCUT2D eigenvalue weighted by Gasteiger charge is -2.11. The van der Waals surface area contributed by atoms with Crippen LogP contribution in [0.1, 0.15) is 12.8 Å². The average Bonchev–Trinajstić information content (AvgIpc) is 3.02. The minimum absolute atomic E-state index is 0.246. The zero-order chi connectivity index (χ0) is 16.9. The summed E-state index contributed by atoms with van der Waals surface area (Å²) in [4.78, 5) is 10.2. The fourth-order valence-corrected chi connectivity index (χ4v) is 2.64. The molecular formula is C19H24N4O. The molecule has 5 nitrogen and oxygen atoms in total. The molecule has 0 aliphatic heterocycles. The van der Waals surface area contributed by atoms with Crippen LogP contribution in [0.2, 0.25) is 0 Å². The lowest BCUT2D eigenvalue weighted by molar-refractivity contribution is 0.286. The van der Waals surface area contributed by atoms with E-state index in [4.69, 9.17) is 10.1 Å². The van der Waals surface area contributed by atoms with Crippen LogP contribution in [0.5, 0.6) is 0 Å². The summed E-state index contributed by atoms with van der Waals surface area (Å²) in [5, 5.41) is 12.2. The molecule has 3 rings (SSSR count). The summed E-state index contributed by atoms with van der Waals surface area (Å²) in [7, 11) is 4.07. The molecule has 3 aromatic rings. The van der Waals surface area contributed by atoms with Gasteiger partial charge in [0.15, 0.2) is 0 Å². The molecule has 0 fully saturated rings. The SMILES string of the molecule is CN(C)c1ccc(-c2nc3cc(NCCCCO)ccc3[nH]2)cc1. The number of fused-ring (bicyclic) bond motifs is 1. The van der Waals surface area contributed by atoms with Crippen molar-refractivity contribution in [2.75, 3.05) is 37.5 Å². The van der Waals surface area contributed by atoms with E-state index in [2.05, 4.69) is 51.6 Å². The van der Waals surface area contributed by atoms with E-state index < -0.39 is 0 Å². The molecule has 1 aromatic heterocycles. The third-order valence-corrected chi connectivity index (χ3v) is 4.05. The highest BCUT2D eigenvalue weighted by atomic mass is 16.2. The van der Waals surface area contributed by atoms with Crippen molar-refractivity contribution >= 4 is 22.4 Å². The summed E-state index contributed by atoms with van der Waals surface area (Å²) < 4.78 is 0.